The Bertz CT molecular complexity index is 6520. The summed E-state index contributed by atoms with van der Waals surface area (Å²) in [6.07, 6.45) is 39.4. The summed E-state index contributed by atoms with van der Waals surface area (Å²) in [6.45, 7) is 4.31. The average molecular weight is 1720 g/mol. The van der Waals surface area contributed by atoms with Crippen LogP contribution in [0.1, 0.15) is 195 Å². The molecule has 0 N–H and O–H groups in total. The van der Waals surface area contributed by atoms with E-state index in [9.17, 15) is 0 Å². The fraction of sp³-hybridized carbons (Fsp3) is 0.175. The van der Waals surface area contributed by atoms with E-state index < -0.39 is 0 Å². The normalized spacial score (nSPS) is 14.1. The van der Waals surface area contributed by atoms with Gasteiger partial charge >= 0.3 is 0 Å². The minimum Gasteiger partial charge on any atom is -0.457 e. The fourth-order valence-corrected chi connectivity index (χ4v) is 20.3. The molecule has 17 aromatic rings. The number of aryl methyl sites for hydroxylation is 2. The molecule has 0 bridgehead atoms. The second-order valence-electron chi connectivity index (χ2n) is 36.5. The molecule has 0 unspecified atom stereocenters. The first-order chi connectivity index (χ1) is 65.2. The molecule has 0 spiro atoms. The minimum atomic E-state index is 0.607. The van der Waals surface area contributed by atoms with Crippen LogP contribution < -0.4 is 28.7 Å². The highest BCUT2D eigenvalue weighted by molar-refractivity contribution is 6.40. The van der Waals surface area contributed by atoms with Crippen molar-refractivity contribution in [2.24, 2.45) is 0 Å². The number of anilines is 6. The Balaban J connectivity index is 0.780. The number of benzene rings is 17. The van der Waals surface area contributed by atoms with Gasteiger partial charge in [-0.2, -0.15) is 0 Å². The van der Waals surface area contributed by atoms with Crippen LogP contribution in [-0.4, -0.2) is 0 Å². The van der Waals surface area contributed by atoms with Crippen molar-refractivity contribution >= 4 is 125 Å². The van der Waals surface area contributed by atoms with E-state index in [4.69, 9.17) is 18.9 Å². The molecule has 0 aromatic heterocycles. The molecule has 6 nitrogen and oxygen atoms in total. The molecule has 4 saturated carbocycles. The van der Waals surface area contributed by atoms with Crippen LogP contribution in [0, 0.1) is 13.8 Å². The van der Waals surface area contributed by atoms with E-state index in [0.717, 1.165) is 111 Å². The summed E-state index contributed by atoms with van der Waals surface area (Å²) in [5.74, 6) is 5.17. The summed E-state index contributed by atoms with van der Waals surface area (Å²) >= 11 is 0. The monoisotopic (exact) mass is 1710 g/mol. The van der Waals surface area contributed by atoms with Crippen LogP contribution in [0.5, 0.6) is 46.0 Å². The number of hydrogen-bond donors (Lipinski definition) is 0. The molecule has 6 heteroatoms. The largest absolute Gasteiger partial charge is 0.457 e. The number of nitrogens with zero attached hydrogens (tertiary/aromatic N) is 2. The molecule has 0 amide bonds. The SMILES string of the molecule is Cc1ccc(N(c2ccc(C=C(c3ccc(C=C4CCCCC4)cc3)c3ccc(C=C4CCCCC4)cc3)cc2)c2cc(Oc3ccccc3)c3c4c(Oc5ccccc5)ccc5c(N(c6ccc(C)cc6)c6ccc(C=C(c7ccc(C=C8CCCCC8)cc7)c7ccc(C=C8CCCCC8)cc7)cc6)cc(Oc6ccccc6)c(c6c(Oc7ccccc7)ccc2c63)c54)cc1. The molecule has 17 aromatic carbocycles. The summed E-state index contributed by atoms with van der Waals surface area (Å²) in [5.41, 5.74) is 28.3. The third-order valence-corrected chi connectivity index (χ3v) is 27.1. The molecular weight excluding hydrogens is 1610 g/mol. The van der Waals surface area contributed by atoms with Crippen molar-refractivity contribution in [2.75, 3.05) is 9.80 Å². The molecule has 21 rings (SSSR count). The van der Waals surface area contributed by atoms with Crippen LogP contribution in [0.15, 0.2) is 374 Å². The zero-order valence-electron chi connectivity index (χ0n) is 75.6. The van der Waals surface area contributed by atoms with E-state index in [1.165, 1.54) is 173 Å². The van der Waals surface area contributed by atoms with Gasteiger partial charge in [0.05, 0.1) is 11.4 Å². The highest BCUT2D eigenvalue weighted by Crippen LogP contribution is 2.59. The third kappa shape index (κ3) is 18.8. The second kappa shape index (κ2) is 38.9. The van der Waals surface area contributed by atoms with E-state index in [0.29, 0.717) is 46.0 Å². The van der Waals surface area contributed by atoms with Gasteiger partial charge in [0.1, 0.15) is 46.0 Å². The Hall–Kier alpha value is -14.7. The molecule has 4 fully saturated rings. The zero-order chi connectivity index (χ0) is 88.5. The number of rotatable bonds is 24. The highest BCUT2D eigenvalue weighted by atomic mass is 16.5. The van der Waals surface area contributed by atoms with Gasteiger partial charge in [-0.1, -0.05) is 302 Å². The molecule has 0 heterocycles. The Morgan fingerprint density at radius 3 is 0.720 bits per heavy atom. The standard InChI is InChI=1S/C126H110N2O4/c1-87-43-67-103(68-44-87)127(105-71-55-97(56-72-105)83-113(99-59-47-93(48-60-99)79-89-27-11-3-12-28-89)100-61-49-94(50-62-100)80-90-29-13-4-14-30-90)115-85-119(131-109-39-23-9-24-40-109)125-121-111(115)75-77-117(129-107-35-19-7-20-36-107)123(121)126-120(132-110-41-25-10-26-42-110)86-116(112-76-78-118(124(125)122(112)126)130-108-37-21-8-22-38-108)128(104-69-45-88(2)46-70-104)106-73-57-98(58-74-106)84-114(101-63-51-95(52-64-101)81-91-31-15-5-16-32-91)102-65-53-96(54-66-102)82-92-33-17-6-18-34-92/h7-10,19-26,35-86H,3-6,11-18,27-34H2,1-2H3. The van der Waals surface area contributed by atoms with Gasteiger partial charge in [0.25, 0.3) is 0 Å². The van der Waals surface area contributed by atoms with Gasteiger partial charge in [0.2, 0.25) is 0 Å². The van der Waals surface area contributed by atoms with Gasteiger partial charge in [-0.15, -0.1) is 0 Å². The second-order valence-corrected chi connectivity index (χ2v) is 36.5. The lowest BCUT2D eigenvalue weighted by Gasteiger charge is -2.31. The molecule has 4 aliphatic carbocycles. The van der Waals surface area contributed by atoms with Gasteiger partial charge in [0.15, 0.2) is 0 Å². The van der Waals surface area contributed by atoms with Crippen molar-refractivity contribution in [2.45, 2.75) is 142 Å². The van der Waals surface area contributed by atoms with E-state index >= 15 is 0 Å². The maximum Gasteiger partial charge on any atom is 0.138 e. The van der Waals surface area contributed by atoms with E-state index in [-0.39, 0.29) is 0 Å². The smallest absolute Gasteiger partial charge is 0.138 e. The van der Waals surface area contributed by atoms with Gasteiger partial charge in [0, 0.05) is 78.0 Å². The van der Waals surface area contributed by atoms with E-state index in [1.807, 2.05) is 121 Å². The van der Waals surface area contributed by atoms with Crippen LogP contribution >= 0.6 is 0 Å². The van der Waals surface area contributed by atoms with Crippen LogP contribution in [0.2, 0.25) is 0 Å². The predicted molar refractivity (Wildman–Crippen MR) is 557 cm³/mol. The molecule has 0 atom stereocenters. The first kappa shape index (κ1) is 84.1. The first-order valence-corrected chi connectivity index (χ1v) is 48.0. The lowest BCUT2D eigenvalue weighted by molar-refractivity contribution is 0.483. The summed E-state index contributed by atoms with van der Waals surface area (Å²) in [7, 11) is 0. The fourth-order valence-electron chi connectivity index (χ4n) is 20.3. The van der Waals surface area contributed by atoms with E-state index in [2.05, 4.69) is 291 Å². The van der Waals surface area contributed by atoms with Crippen molar-refractivity contribution in [3.8, 4) is 46.0 Å². The molecule has 0 aliphatic heterocycles. The Morgan fingerprint density at radius 1 is 0.220 bits per heavy atom. The summed E-state index contributed by atoms with van der Waals surface area (Å²) in [6, 6.07) is 127. The lowest BCUT2D eigenvalue weighted by atomic mass is 9.86. The Labute approximate surface area is 777 Å². The Kier molecular flexibility index (Phi) is 24.8. The van der Waals surface area contributed by atoms with Crippen molar-refractivity contribution in [3.63, 3.8) is 0 Å². The van der Waals surface area contributed by atoms with Crippen molar-refractivity contribution in [1.82, 2.24) is 0 Å². The molecule has 4 aliphatic rings. The molecule has 0 saturated heterocycles. The quantitative estimate of drug-likeness (QED) is 0.0341. The number of hydrogen-bond acceptors (Lipinski definition) is 6. The van der Waals surface area contributed by atoms with Crippen LogP contribution in [0.3, 0.4) is 0 Å². The van der Waals surface area contributed by atoms with Gasteiger partial charge in [-0.3, -0.25) is 0 Å². The highest BCUT2D eigenvalue weighted by Gasteiger charge is 2.32. The van der Waals surface area contributed by atoms with Crippen LogP contribution in [0.4, 0.5) is 34.1 Å². The number of ether oxygens (including phenoxy) is 4. The molecule has 0 radical (unpaired) electrons. The van der Waals surface area contributed by atoms with Crippen LogP contribution in [-0.2, 0) is 0 Å². The molecule has 132 heavy (non-hydrogen) atoms. The number of fused-ring (bicyclic) bond motifs is 2. The van der Waals surface area contributed by atoms with Crippen LogP contribution in [0.25, 0.3) is 90.7 Å². The van der Waals surface area contributed by atoms with E-state index in [1.54, 1.807) is 22.3 Å². The van der Waals surface area contributed by atoms with Gasteiger partial charge in [-0.25, -0.2) is 0 Å². The molecular formula is C126H110N2O4. The van der Waals surface area contributed by atoms with Crippen molar-refractivity contribution in [1.29, 1.82) is 0 Å². The first-order valence-electron chi connectivity index (χ1n) is 48.0. The number of allylic oxidation sites excluding steroid dienone is 4. The van der Waals surface area contributed by atoms with Crippen molar-refractivity contribution in [3.05, 3.63) is 441 Å². The summed E-state index contributed by atoms with van der Waals surface area (Å²) < 4.78 is 30.5. The van der Waals surface area contributed by atoms with Gasteiger partial charge < -0.3 is 28.7 Å². The maximum atomic E-state index is 7.75. The lowest BCUT2D eigenvalue weighted by Crippen LogP contribution is -2.12. The average Bonchev–Trinajstić information content (AvgIpc) is 0.683. The zero-order valence-corrected chi connectivity index (χ0v) is 75.6. The topological polar surface area (TPSA) is 43.4 Å². The summed E-state index contributed by atoms with van der Waals surface area (Å²) in [4.78, 5) is 4.80. The maximum absolute atomic E-state index is 7.75. The molecule has 648 valence electrons. The minimum absolute atomic E-state index is 0.607. The summed E-state index contributed by atoms with van der Waals surface area (Å²) in [5, 5.41) is 6.96. The van der Waals surface area contributed by atoms with Gasteiger partial charge in [-0.05, 0) is 317 Å². The van der Waals surface area contributed by atoms with Crippen molar-refractivity contribution < 1.29 is 18.9 Å². The third-order valence-electron chi connectivity index (χ3n) is 27.1. The number of para-hydroxylation sites is 4. The predicted octanol–water partition coefficient (Wildman–Crippen LogP) is 37.0. The Morgan fingerprint density at radius 2 is 0.455 bits per heavy atom.